The van der Waals surface area contributed by atoms with Crippen LogP contribution in [0.2, 0.25) is 0 Å². The second-order valence-electron chi connectivity index (χ2n) is 5.37. The molecule has 4 amide bonds. The van der Waals surface area contributed by atoms with E-state index in [9.17, 15) is 27.6 Å². The molecule has 9 heteroatoms. The monoisotopic (exact) mass is 307 g/mol. The number of amides is 4. The summed E-state index contributed by atoms with van der Waals surface area (Å²) in [5.74, 6) is -2.94. The Hall–Kier alpha value is -1.80. The van der Waals surface area contributed by atoms with Gasteiger partial charge in [0.1, 0.15) is 0 Å². The molecule has 1 aliphatic carbocycles. The Bertz CT molecular complexity index is 474. The molecule has 2 N–H and O–H groups in total. The molecular weight excluding hydrogens is 291 g/mol. The average molecular weight is 307 g/mol. The van der Waals surface area contributed by atoms with Crippen LogP contribution in [-0.2, 0) is 9.59 Å². The summed E-state index contributed by atoms with van der Waals surface area (Å²) < 4.78 is 39.8. The van der Waals surface area contributed by atoms with Crippen molar-refractivity contribution < 1.29 is 27.6 Å². The van der Waals surface area contributed by atoms with Crippen LogP contribution in [0.3, 0.4) is 0 Å². The first-order valence-corrected chi connectivity index (χ1v) is 6.68. The number of alkyl halides is 3. The lowest BCUT2D eigenvalue weighted by molar-refractivity contribution is -0.204. The summed E-state index contributed by atoms with van der Waals surface area (Å²) in [7, 11) is 0.928. The van der Waals surface area contributed by atoms with Gasteiger partial charge >= 0.3 is 12.2 Å². The third-order valence-electron chi connectivity index (χ3n) is 3.94. The van der Waals surface area contributed by atoms with Gasteiger partial charge in [-0.1, -0.05) is 19.3 Å². The fourth-order valence-corrected chi connectivity index (χ4v) is 2.64. The standard InChI is InChI=1S/C12H16F3N3O3/c1-18-9(20)11(12(13,14)15,17-10(18)21)16-8(19)7-5-3-2-4-6-7/h7H,2-6H2,1H3,(H,16,19)(H,17,21)/t11-/m0/s1. The number of rotatable bonds is 2. The third kappa shape index (κ3) is 2.56. The quantitative estimate of drug-likeness (QED) is 0.751. The largest absolute Gasteiger partial charge is 0.440 e. The molecule has 0 bridgehead atoms. The van der Waals surface area contributed by atoms with Gasteiger partial charge in [0.2, 0.25) is 5.91 Å². The molecule has 0 aromatic heterocycles. The highest BCUT2D eigenvalue weighted by Gasteiger charge is 2.68. The Morgan fingerprint density at radius 2 is 1.86 bits per heavy atom. The van der Waals surface area contributed by atoms with E-state index < -0.39 is 35.6 Å². The van der Waals surface area contributed by atoms with Gasteiger partial charge in [-0.3, -0.25) is 19.8 Å². The van der Waals surface area contributed by atoms with Gasteiger partial charge in [-0.2, -0.15) is 13.2 Å². The summed E-state index contributed by atoms with van der Waals surface area (Å²) >= 11 is 0. The minimum atomic E-state index is -5.12. The van der Waals surface area contributed by atoms with Crippen LogP contribution in [0.4, 0.5) is 18.0 Å². The van der Waals surface area contributed by atoms with Crippen molar-refractivity contribution in [2.45, 2.75) is 43.9 Å². The van der Waals surface area contributed by atoms with Crippen LogP contribution in [0.15, 0.2) is 0 Å². The number of carbonyl (C=O) groups excluding carboxylic acids is 3. The van der Waals surface area contributed by atoms with Crippen LogP contribution in [0.5, 0.6) is 0 Å². The molecule has 1 saturated carbocycles. The lowest BCUT2D eigenvalue weighted by Crippen LogP contribution is -2.70. The van der Waals surface area contributed by atoms with E-state index in [1.54, 1.807) is 10.6 Å². The highest BCUT2D eigenvalue weighted by Crippen LogP contribution is 2.34. The molecule has 21 heavy (non-hydrogen) atoms. The molecule has 2 fully saturated rings. The highest BCUT2D eigenvalue weighted by atomic mass is 19.4. The molecule has 6 nitrogen and oxygen atoms in total. The third-order valence-corrected chi connectivity index (χ3v) is 3.94. The summed E-state index contributed by atoms with van der Waals surface area (Å²) in [5.41, 5.74) is -3.35. The van der Waals surface area contributed by atoms with Crippen LogP contribution in [-0.4, -0.2) is 41.6 Å². The first kappa shape index (κ1) is 15.6. The maximum Gasteiger partial charge on any atom is 0.440 e. The number of urea groups is 1. The van der Waals surface area contributed by atoms with Gasteiger partial charge in [-0.15, -0.1) is 0 Å². The lowest BCUT2D eigenvalue weighted by Gasteiger charge is -2.32. The molecule has 1 aliphatic heterocycles. The van der Waals surface area contributed by atoms with Crippen LogP contribution in [0, 0.1) is 5.92 Å². The summed E-state index contributed by atoms with van der Waals surface area (Å²) in [6, 6.07) is -1.19. The van der Waals surface area contributed by atoms with E-state index in [4.69, 9.17) is 0 Å². The first-order chi connectivity index (χ1) is 9.69. The number of carbonyl (C=O) groups is 3. The fraction of sp³-hybridized carbons (Fsp3) is 0.750. The molecule has 0 radical (unpaired) electrons. The van der Waals surface area contributed by atoms with Gasteiger partial charge in [0.15, 0.2) is 0 Å². The predicted molar refractivity (Wildman–Crippen MR) is 64.8 cm³/mol. The van der Waals surface area contributed by atoms with Crippen molar-refractivity contribution in [2.75, 3.05) is 7.05 Å². The van der Waals surface area contributed by atoms with Gasteiger partial charge < -0.3 is 5.32 Å². The Balaban J connectivity index is 2.24. The Labute approximate surface area is 119 Å². The predicted octanol–water partition coefficient (Wildman–Crippen LogP) is 1.12. The van der Waals surface area contributed by atoms with Gasteiger partial charge in [0, 0.05) is 13.0 Å². The van der Waals surface area contributed by atoms with E-state index in [1.165, 1.54) is 0 Å². The molecule has 0 spiro atoms. The lowest BCUT2D eigenvalue weighted by atomic mass is 9.88. The topological polar surface area (TPSA) is 78.5 Å². The van der Waals surface area contributed by atoms with Gasteiger partial charge in [-0.05, 0) is 12.8 Å². The highest BCUT2D eigenvalue weighted by molar-refractivity contribution is 6.08. The summed E-state index contributed by atoms with van der Waals surface area (Å²) in [6.45, 7) is 0. The molecule has 118 valence electrons. The van der Waals surface area contributed by atoms with Crippen LogP contribution in [0.25, 0.3) is 0 Å². The van der Waals surface area contributed by atoms with E-state index in [-0.39, 0.29) is 0 Å². The van der Waals surface area contributed by atoms with E-state index >= 15 is 0 Å². The number of halogens is 3. The Morgan fingerprint density at radius 1 is 1.29 bits per heavy atom. The maximum atomic E-state index is 13.3. The van der Waals surface area contributed by atoms with E-state index in [2.05, 4.69) is 0 Å². The summed E-state index contributed by atoms with van der Waals surface area (Å²) in [4.78, 5) is 35.5. The zero-order chi connectivity index (χ0) is 15.8. The SMILES string of the molecule is CN1C(=O)N[C@](NC(=O)C2CCCCC2)(C(F)(F)F)C1=O. The van der Waals surface area contributed by atoms with Crippen LogP contribution < -0.4 is 10.6 Å². The molecule has 1 saturated heterocycles. The molecule has 2 aliphatic rings. The van der Waals surface area contributed by atoms with Crippen molar-refractivity contribution in [3.63, 3.8) is 0 Å². The minimum Gasteiger partial charge on any atom is -0.318 e. The normalized spacial score (nSPS) is 27.7. The molecule has 0 aromatic rings. The number of hydrogen-bond acceptors (Lipinski definition) is 3. The number of likely N-dealkylation sites (N-methyl/N-ethyl adjacent to an activating group) is 1. The van der Waals surface area contributed by atoms with Crippen molar-refractivity contribution in [1.29, 1.82) is 0 Å². The molecule has 1 atom stereocenters. The number of nitrogens with zero attached hydrogens (tertiary/aromatic N) is 1. The van der Waals surface area contributed by atoms with Crippen molar-refractivity contribution >= 4 is 17.8 Å². The first-order valence-electron chi connectivity index (χ1n) is 6.68. The van der Waals surface area contributed by atoms with Gasteiger partial charge in [-0.25, -0.2) is 4.79 Å². The minimum absolute atomic E-state index is 0.314. The van der Waals surface area contributed by atoms with Crippen molar-refractivity contribution in [2.24, 2.45) is 5.92 Å². The zero-order valence-electron chi connectivity index (χ0n) is 11.4. The maximum absolute atomic E-state index is 13.3. The van der Waals surface area contributed by atoms with Crippen molar-refractivity contribution in [3.8, 4) is 0 Å². The fourth-order valence-electron chi connectivity index (χ4n) is 2.64. The average Bonchev–Trinajstić information content (AvgIpc) is 2.64. The molecule has 0 unspecified atom stereocenters. The van der Waals surface area contributed by atoms with E-state index in [1.807, 2.05) is 0 Å². The second kappa shape index (κ2) is 5.19. The van der Waals surface area contributed by atoms with Crippen LogP contribution >= 0.6 is 0 Å². The number of hydrogen-bond donors (Lipinski definition) is 2. The van der Waals surface area contributed by atoms with Crippen molar-refractivity contribution in [1.82, 2.24) is 15.5 Å². The number of imide groups is 1. The Kier molecular flexibility index (Phi) is 3.85. The molecule has 0 aromatic carbocycles. The molecule has 1 heterocycles. The Morgan fingerprint density at radius 3 is 2.29 bits per heavy atom. The summed E-state index contributed by atoms with van der Waals surface area (Å²) in [6.07, 6.45) is -1.69. The van der Waals surface area contributed by atoms with Crippen molar-refractivity contribution in [3.05, 3.63) is 0 Å². The van der Waals surface area contributed by atoms with Gasteiger partial charge in [0.25, 0.3) is 11.6 Å². The van der Waals surface area contributed by atoms with Crippen LogP contribution in [0.1, 0.15) is 32.1 Å². The molecular formula is C12H16F3N3O3. The molecule has 2 rings (SSSR count). The smallest absolute Gasteiger partial charge is 0.318 e. The van der Waals surface area contributed by atoms with E-state index in [0.717, 1.165) is 26.3 Å². The number of nitrogens with one attached hydrogen (secondary N) is 2. The van der Waals surface area contributed by atoms with E-state index in [0.29, 0.717) is 17.7 Å². The summed E-state index contributed by atoms with van der Waals surface area (Å²) in [5, 5.41) is 3.28. The van der Waals surface area contributed by atoms with Gasteiger partial charge in [0.05, 0.1) is 0 Å². The zero-order valence-corrected chi connectivity index (χ0v) is 11.4. The second-order valence-corrected chi connectivity index (χ2v) is 5.37.